The number of benzene rings is 3. The smallest absolute Gasteiger partial charge is 0.266 e. The summed E-state index contributed by atoms with van der Waals surface area (Å²) in [6.07, 6.45) is 0. The number of thioether (sulfide) groups is 1. The average molecular weight is 450 g/mol. The Morgan fingerprint density at radius 1 is 1.00 bits per heavy atom. The van der Waals surface area contributed by atoms with Crippen LogP contribution in [0.5, 0.6) is 0 Å². The third-order valence-electron chi connectivity index (χ3n) is 4.80. The Balaban J connectivity index is 1.94. The highest BCUT2D eigenvalue weighted by molar-refractivity contribution is 8.00. The molecule has 1 aromatic heterocycles. The number of hydrogen-bond acceptors (Lipinski definition) is 4. The first-order chi connectivity index (χ1) is 15.0. The van der Waals surface area contributed by atoms with Crippen LogP contribution >= 0.6 is 23.4 Å². The van der Waals surface area contributed by atoms with Crippen LogP contribution in [0, 0.1) is 0 Å². The van der Waals surface area contributed by atoms with Crippen molar-refractivity contribution in [3.05, 3.63) is 99.8 Å². The van der Waals surface area contributed by atoms with Crippen LogP contribution in [0.2, 0.25) is 5.02 Å². The van der Waals surface area contributed by atoms with Crippen molar-refractivity contribution in [1.82, 2.24) is 14.5 Å². The molecule has 0 aliphatic heterocycles. The maximum absolute atomic E-state index is 13.5. The SMILES string of the molecule is CN(C)C(=O)C(Sc1nc2ccccc2c(=O)n1-c1cccc(Cl)c1)c1ccccc1. The van der Waals surface area contributed by atoms with Crippen LogP contribution < -0.4 is 5.56 Å². The Morgan fingerprint density at radius 2 is 1.71 bits per heavy atom. The van der Waals surface area contributed by atoms with Gasteiger partial charge >= 0.3 is 0 Å². The van der Waals surface area contributed by atoms with Gasteiger partial charge in [-0.2, -0.15) is 0 Å². The molecule has 0 bridgehead atoms. The van der Waals surface area contributed by atoms with E-state index < -0.39 is 5.25 Å². The van der Waals surface area contributed by atoms with Crippen LogP contribution in [0.15, 0.2) is 88.8 Å². The molecule has 1 unspecified atom stereocenters. The quantitative estimate of drug-likeness (QED) is 0.319. The highest BCUT2D eigenvalue weighted by Gasteiger charge is 2.26. The van der Waals surface area contributed by atoms with Crippen molar-refractivity contribution >= 4 is 40.2 Å². The summed E-state index contributed by atoms with van der Waals surface area (Å²) in [6, 6.07) is 23.8. The second kappa shape index (κ2) is 8.96. The summed E-state index contributed by atoms with van der Waals surface area (Å²) < 4.78 is 1.53. The largest absolute Gasteiger partial charge is 0.348 e. The van der Waals surface area contributed by atoms with E-state index >= 15 is 0 Å². The number of nitrogens with zero attached hydrogens (tertiary/aromatic N) is 3. The lowest BCUT2D eigenvalue weighted by molar-refractivity contribution is -0.128. The van der Waals surface area contributed by atoms with Gasteiger partial charge in [-0.05, 0) is 35.9 Å². The molecule has 3 aromatic carbocycles. The number of fused-ring (bicyclic) bond motifs is 1. The zero-order chi connectivity index (χ0) is 22.0. The van der Waals surface area contributed by atoms with E-state index in [4.69, 9.17) is 16.6 Å². The van der Waals surface area contributed by atoms with Gasteiger partial charge in [0.25, 0.3) is 5.56 Å². The highest BCUT2D eigenvalue weighted by Crippen LogP contribution is 2.36. The summed E-state index contributed by atoms with van der Waals surface area (Å²) in [7, 11) is 3.44. The van der Waals surface area contributed by atoms with Crippen molar-refractivity contribution in [2.75, 3.05) is 14.1 Å². The molecular weight excluding hydrogens is 430 g/mol. The molecule has 0 aliphatic carbocycles. The lowest BCUT2D eigenvalue weighted by Crippen LogP contribution is -2.28. The number of carbonyl (C=O) groups is 1. The predicted octanol–water partition coefficient (Wildman–Crippen LogP) is 4.96. The van der Waals surface area contributed by atoms with E-state index in [1.54, 1.807) is 55.4 Å². The third-order valence-corrected chi connectivity index (χ3v) is 6.23. The Labute approximate surface area is 189 Å². The number of para-hydroxylation sites is 1. The van der Waals surface area contributed by atoms with Crippen LogP contribution in [-0.2, 0) is 4.79 Å². The molecular formula is C24H20ClN3O2S. The van der Waals surface area contributed by atoms with Crippen LogP contribution in [0.4, 0.5) is 0 Å². The Bertz CT molecular complexity index is 1310. The van der Waals surface area contributed by atoms with Crippen LogP contribution in [0.25, 0.3) is 16.6 Å². The molecule has 31 heavy (non-hydrogen) atoms. The Hall–Kier alpha value is -3.09. The molecule has 0 spiro atoms. The molecule has 1 heterocycles. The molecule has 1 amide bonds. The summed E-state index contributed by atoms with van der Waals surface area (Å²) >= 11 is 7.46. The first kappa shape index (κ1) is 21.2. The molecule has 0 N–H and O–H groups in total. The van der Waals surface area contributed by atoms with Gasteiger partial charge in [0, 0.05) is 19.1 Å². The summed E-state index contributed by atoms with van der Waals surface area (Å²) in [4.78, 5) is 32.8. The molecule has 7 heteroatoms. The molecule has 0 aliphatic rings. The number of halogens is 1. The van der Waals surface area contributed by atoms with E-state index in [1.807, 2.05) is 42.5 Å². The summed E-state index contributed by atoms with van der Waals surface area (Å²) in [5, 5.41) is 0.879. The van der Waals surface area contributed by atoms with Crippen LogP contribution in [0.1, 0.15) is 10.8 Å². The minimum atomic E-state index is -0.560. The predicted molar refractivity (Wildman–Crippen MR) is 126 cm³/mol. The third kappa shape index (κ3) is 4.36. The first-order valence-electron chi connectivity index (χ1n) is 9.66. The summed E-state index contributed by atoms with van der Waals surface area (Å²) in [5.74, 6) is -0.0868. The molecule has 4 aromatic rings. The molecule has 156 valence electrons. The number of carbonyl (C=O) groups excluding carboxylic acids is 1. The van der Waals surface area contributed by atoms with E-state index in [9.17, 15) is 9.59 Å². The number of hydrogen-bond donors (Lipinski definition) is 0. The molecule has 0 radical (unpaired) electrons. The summed E-state index contributed by atoms with van der Waals surface area (Å²) in [5.41, 5.74) is 1.81. The molecule has 0 saturated carbocycles. The maximum atomic E-state index is 13.5. The fraction of sp³-hybridized carbons (Fsp3) is 0.125. The molecule has 5 nitrogen and oxygen atoms in total. The minimum absolute atomic E-state index is 0.0868. The van der Waals surface area contributed by atoms with Crippen molar-refractivity contribution in [2.24, 2.45) is 0 Å². The van der Waals surface area contributed by atoms with Gasteiger partial charge < -0.3 is 4.90 Å². The lowest BCUT2D eigenvalue weighted by atomic mass is 10.1. The van der Waals surface area contributed by atoms with Crippen molar-refractivity contribution in [3.8, 4) is 5.69 Å². The van der Waals surface area contributed by atoms with E-state index in [2.05, 4.69) is 0 Å². The summed E-state index contributed by atoms with van der Waals surface area (Å²) in [6.45, 7) is 0. The Kier molecular flexibility index (Phi) is 6.11. The standard InChI is InChI=1S/C24H20ClN3O2S/c1-27(2)23(30)21(16-9-4-3-5-10-16)31-24-26-20-14-7-6-13-19(20)22(29)28(24)18-12-8-11-17(25)15-18/h3-15,21H,1-2H3. The van der Waals surface area contributed by atoms with Gasteiger partial charge in [-0.15, -0.1) is 0 Å². The molecule has 4 rings (SSSR count). The fourth-order valence-corrected chi connectivity index (χ4v) is 4.71. The monoisotopic (exact) mass is 449 g/mol. The van der Waals surface area contributed by atoms with Gasteiger partial charge in [-0.3, -0.25) is 14.2 Å². The Morgan fingerprint density at radius 3 is 2.42 bits per heavy atom. The van der Waals surface area contributed by atoms with Crippen molar-refractivity contribution in [1.29, 1.82) is 0 Å². The fourth-order valence-electron chi connectivity index (χ4n) is 3.26. The number of likely N-dealkylation sites (N-methyl/N-ethyl adjacent to an activating group) is 1. The minimum Gasteiger partial charge on any atom is -0.348 e. The zero-order valence-corrected chi connectivity index (χ0v) is 18.6. The molecule has 0 fully saturated rings. The number of aromatic nitrogens is 2. The maximum Gasteiger partial charge on any atom is 0.266 e. The average Bonchev–Trinajstić information content (AvgIpc) is 2.77. The van der Waals surface area contributed by atoms with Gasteiger partial charge in [0.2, 0.25) is 5.91 Å². The molecule has 0 saturated heterocycles. The lowest BCUT2D eigenvalue weighted by Gasteiger charge is -2.22. The van der Waals surface area contributed by atoms with Gasteiger partial charge in [0.15, 0.2) is 5.16 Å². The number of amides is 1. The van der Waals surface area contributed by atoms with Crippen molar-refractivity contribution < 1.29 is 4.79 Å². The topological polar surface area (TPSA) is 55.2 Å². The van der Waals surface area contributed by atoms with Crippen LogP contribution in [0.3, 0.4) is 0 Å². The van der Waals surface area contributed by atoms with Crippen molar-refractivity contribution in [2.45, 2.75) is 10.4 Å². The van der Waals surface area contributed by atoms with Gasteiger partial charge in [0.1, 0.15) is 5.25 Å². The number of rotatable bonds is 5. The van der Waals surface area contributed by atoms with E-state index in [-0.39, 0.29) is 11.5 Å². The van der Waals surface area contributed by atoms with Gasteiger partial charge in [-0.25, -0.2) is 4.98 Å². The van der Waals surface area contributed by atoms with Crippen LogP contribution in [-0.4, -0.2) is 34.5 Å². The highest BCUT2D eigenvalue weighted by atomic mass is 35.5. The van der Waals surface area contributed by atoms with E-state index in [0.29, 0.717) is 26.8 Å². The normalized spacial score (nSPS) is 12.0. The molecule has 1 atom stereocenters. The first-order valence-corrected chi connectivity index (χ1v) is 10.9. The van der Waals surface area contributed by atoms with E-state index in [1.165, 1.54) is 16.3 Å². The van der Waals surface area contributed by atoms with Gasteiger partial charge in [0.05, 0.1) is 16.6 Å². The zero-order valence-electron chi connectivity index (χ0n) is 17.0. The van der Waals surface area contributed by atoms with Crippen molar-refractivity contribution in [3.63, 3.8) is 0 Å². The second-order valence-electron chi connectivity index (χ2n) is 7.17. The second-order valence-corrected chi connectivity index (χ2v) is 8.68. The van der Waals surface area contributed by atoms with Gasteiger partial charge in [-0.1, -0.05) is 71.9 Å². The van der Waals surface area contributed by atoms with E-state index in [0.717, 1.165) is 5.56 Å².